The molecule has 2 aromatic carbocycles. The van der Waals surface area contributed by atoms with Crippen LogP contribution in [0.5, 0.6) is 0 Å². The van der Waals surface area contributed by atoms with Crippen LogP contribution in [0.25, 0.3) is 0 Å². The summed E-state index contributed by atoms with van der Waals surface area (Å²) in [6.45, 7) is 0. The van der Waals surface area contributed by atoms with E-state index in [1.807, 2.05) is 24.3 Å². The van der Waals surface area contributed by atoms with Crippen LogP contribution in [-0.4, -0.2) is 14.7 Å². The molecule has 0 radical (unpaired) electrons. The molecule has 5 heteroatoms. The molecule has 0 N–H and O–H groups in total. The molecule has 2 rings (SSSR count). The maximum atomic E-state index is 11.3. The van der Waals surface area contributed by atoms with Crippen molar-refractivity contribution in [3.63, 3.8) is 0 Å². The van der Waals surface area contributed by atoms with Crippen LogP contribution in [0.4, 0.5) is 0 Å². The molecule has 0 bridgehead atoms. The Balaban J connectivity index is 2.05. The topological polar surface area (TPSA) is 34.1 Å². The Bertz CT molecular complexity index is 664. The van der Waals surface area contributed by atoms with Gasteiger partial charge in [-0.1, -0.05) is 28.1 Å². The first-order valence-corrected chi connectivity index (χ1v) is 9.29. The molecule has 0 aliphatic rings. The van der Waals surface area contributed by atoms with Crippen molar-refractivity contribution in [2.45, 2.75) is 15.5 Å². The van der Waals surface area contributed by atoms with Crippen LogP contribution in [0.1, 0.15) is 5.56 Å². The zero-order chi connectivity index (χ0) is 13.9. The Labute approximate surface area is 126 Å². The molecule has 0 aromatic heterocycles. The fourth-order valence-electron chi connectivity index (χ4n) is 1.58. The number of rotatable bonds is 4. The lowest BCUT2D eigenvalue weighted by atomic mass is 10.2. The molecule has 0 unspecified atom stereocenters. The number of benzene rings is 2. The first-order valence-electron chi connectivity index (χ1n) is 5.62. The lowest BCUT2D eigenvalue weighted by Crippen LogP contribution is -1.95. The normalized spacial score (nSPS) is 11.5. The molecular weight excluding hydrogens is 344 g/mol. The minimum absolute atomic E-state index is 0.360. The van der Waals surface area contributed by atoms with E-state index in [4.69, 9.17) is 0 Å². The summed E-state index contributed by atoms with van der Waals surface area (Å²) in [4.78, 5) is 1.42. The molecule has 0 aliphatic heterocycles. The van der Waals surface area contributed by atoms with Crippen molar-refractivity contribution in [3.05, 3.63) is 58.6 Å². The molecule has 2 nitrogen and oxygen atoms in total. The van der Waals surface area contributed by atoms with Crippen LogP contribution >= 0.6 is 27.7 Å². The van der Waals surface area contributed by atoms with Gasteiger partial charge in [0.1, 0.15) is 0 Å². The molecule has 100 valence electrons. The van der Waals surface area contributed by atoms with Crippen molar-refractivity contribution in [1.29, 1.82) is 0 Å². The second-order valence-corrected chi connectivity index (χ2v) is 8.14. The average Bonchev–Trinajstić information content (AvgIpc) is 2.36. The molecule has 0 spiro atoms. The van der Waals surface area contributed by atoms with E-state index in [0.717, 1.165) is 15.1 Å². The Morgan fingerprint density at radius 1 is 1.11 bits per heavy atom. The summed E-state index contributed by atoms with van der Waals surface area (Å²) >= 11 is 5.13. The lowest BCUT2D eigenvalue weighted by Gasteiger charge is -2.04. The Morgan fingerprint density at radius 3 is 2.37 bits per heavy atom. The number of thioether (sulfide) groups is 1. The third-order valence-electron chi connectivity index (χ3n) is 2.55. The summed E-state index contributed by atoms with van der Waals surface area (Å²) in [5, 5.41) is 0. The van der Waals surface area contributed by atoms with Gasteiger partial charge < -0.3 is 0 Å². The molecule has 0 saturated heterocycles. The third kappa shape index (κ3) is 4.37. The first kappa shape index (κ1) is 14.6. The van der Waals surface area contributed by atoms with E-state index in [1.165, 1.54) is 11.8 Å². The smallest absolute Gasteiger partial charge is 0.175 e. The monoisotopic (exact) mass is 356 g/mol. The van der Waals surface area contributed by atoms with Crippen LogP contribution in [0.3, 0.4) is 0 Å². The first-order chi connectivity index (χ1) is 8.95. The second-order valence-electron chi connectivity index (χ2n) is 4.16. The summed E-state index contributed by atoms with van der Waals surface area (Å²) in [5.74, 6) is 0.859. The zero-order valence-corrected chi connectivity index (χ0v) is 13.6. The maximum absolute atomic E-state index is 11.3. The highest BCUT2D eigenvalue weighted by molar-refractivity contribution is 9.10. The van der Waals surface area contributed by atoms with Gasteiger partial charge in [0.15, 0.2) is 9.84 Å². The van der Waals surface area contributed by atoms with Gasteiger partial charge >= 0.3 is 0 Å². The number of hydrogen-bond acceptors (Lipinski definition) is 3. The van der Waals surface area contributed by atoms with E-state index < -0.39 is 9.84 Å². The molecule has 0 saturated carbocycles. The van der Waals surface area contributed by atoms with Gasteiger partial charge in [-0.2, -0.15) is 0 Å². The van der Waals surface area contributed by atoms with Crippen LogP contribution in [0, 0.1) is 0 Å². The van der Waals surface area contributed by atoms with Crippen molar-refractivity contribution in [1.82, 2.24) is 0 Å². The van der Waals surface area contributed by atoms with Gasteiger partial charge in [-0.25, -0.2) is 8.42 Å². The lowest BCUT2D eigenvalue weighted by molar-refractivity contribution is 0.602. The molecular formula is C14H13BrO2S2. The van der Waals surface area contributed by atoms with E-state index in [9.17, 15) is 8.42 Å². The minimum atomic E-state index is -3.11. The summed E-state index contributed by atoms with van der Waals surface area (Å²) in [6, 6.07) is 15.2. The van der Waals surface area contributed by atoms with Crippen molar-refractivity contribution >= 4 is 37.5 Å². The van der Waals surface area contributed by atoms with Gasteiger partial charge in [0, 0.05) is 21.4 Å². The van der Waals surface area contributed by atoms with Crippen molar-refractivity contribution in [3.8, 4) is 0 Å². The fourth-order valence-corrected chi connectivity index (χ4v) is 3.50. The zero-order valence-electron chi connectivity index (χ0n) is 10.3. The Kier molecular flexibility index (Phi) is 4.71. The standard InChI is InChI=1S/C14H13BrO2S2/c1-19(16,17)14-7-5-13(6-8-14)18-10-11-3-2-4-12(15)9-11/h2-9H,10H2,1H3. The van der Waals surface area contributed by atoms with Gasteiger partial charge in [-0.05, 0) is 42.0 Å². The molecule has 2 aromatic rings. The SMILES string of the molecule is CS(=O)(=O)c1ccc(SCc2cccc(Br)c2)cc1. The molecule has 0 heterocycles. The van der Waals surface area contributed by atoms with Crippen molar-refractivity contribution in [2.24, 2.45) is 0 Å². The molecule has 0 aliphatic carbocycles. The summed E-state index contributed by atoms with van der Waals surface area (Å²) in [6.07, 6.45) is 1.22. The quantitative estimate of drug-likeness (QED) is 0.771. The molecule has 0 amide bonds. The minimum Gasteiger partial charge on any atom is -0.224 e. The largest absolute Gasteiger partial charge is 0.224 e. The number of sulfone groups is 1. The van der Waals surface area contributed by atoms with Crippen LogP contribution in [-0.2, 0) is 15.6 Å². The van der Waals surface area contributed by atoms with Gasteiger partial charge in [0.05, 0.1) is 4.90 Å². The van der Waals surface area contributed by atoms with E-state index in [-0.39, 0.29) is 0 Å². The summed E-state index contributed by atoms with van der Waals surface area (Å²) in [7, 11) is -3.11. The summed E-state index contributed by atoms with van der Waals surface area (Å²) < 4.78 is 23.8. The molecule has 19 heavy (non-hydrogen) atoms. The predicted octanol–water partition coefficient (Wildman–Crippen LogP) is 4.14. The van der Waals surface area contributed by atoms with E-state index in [2.05, 4.69) is 28.1 Å². The van der Waals surface area contributed by atoms with Crippen molar-refractivity contribution in [2.75, 3.05) is 6.26 Å². The molecule has 0 fully saturated rings. The van der Waals surface area contributed by atoms with Gasteiger partial charge in [0.25, 0.3) is 0 Å². The van der Waals surface area contributed by atoms with E-state index in [0.29, 0.717) is 4.90 Å². The highest BCUT2D eigenvalue weighted by atomic mass is 79.9. The summed E-state index contributed by atoms with van der Waals surface area (Å²) in [5.41, 5.74) is 1.23. The van der Waals surface area contributed by atoms with Crippen LogP contribution in [0.15, 0.2) is 62.8 Å². The Morgan fingerprint density at radius 2 is 1.79 bits per heavy atom. The van der Waals surface area contributed by atoms with Gasteiger partial charge in [-0.3, -0.25) is 0 Å². The van der Waals surface area contributed by atoms with Crippen molar-refractivity contribution < 1.29 is 8.42 Å². The average molecular weight is 357 g/mol. The number of halogens is 1. The highest BCUT2D eigenvalue weighted by Crippen LogP contribution is 2.25. The van der Waals surface area contributed by atoms with E-state index in [1.54, 1.807) is 23.9 Å². The number of hydrogen-bond donors (Lipinski definition) is 0. The molecule has 0 atom stereocenters. The highest BCUT2D eigenvalue weighted by Gasteiger charge is 2.06. The predicted molar refractivity (Wildman–Crippen MR) is 83.3 cm³/mol. The van der Waals surface area contributed by atoms with Gasteiger partial charge in [-0.15, -0.1) is 11.8 Å². The maximum Gasteiger partial charge on any atom is 0.175 e. The van der Waals surface area contributed by atoms with Crippen LogP contribution < -0.4 is 0 Å². The second kappa shape index (κ2) is 6.11. The van der Waals surface area contributed by atoms with Gasteiger partial charge in [0.2, 0.25) is 0 Å². The van der Waals surface area contributed by atoms with Crippen LogP contribution in [0.2, 0.25) is 0 Å². The van der Waals surface area contributed by atoms with E-state index >= 15 is 0 Å². The fraction of sp³-hybridized carbons (Fsp3) is 0.143. The third-order valence-corrected chi connectivity index (χ3v) is 5.25. The Hall–Kier alpha value is -0.780.